The Morgan fingerprint density at radius 3 is 1.46 bits per heavy atom. The van der Waals surface area contributed by atoms with E-state index in [2.05, 4.69) is 11.7 Å². The van der Waals surface area contributed by atoms with Gasteiger partial charge >= 0.3 is 5.97 Å². The maximum atomic E-state index is 11.1. The van der Waals surface area contributed by atoms with Crippen LogP contribution in [0.25, 0.3) is 0 Å². The van der Waals surface area contributed by atoms with Crippen molar-refractivity contribution in [2.75, 3.05) is 26.1 Å². The van der Waals surface area contributed by atoms with Crippen molar-refractivity contribution in [3.05, 3.63) is 18.2 Å². The molecule has 0 bridgehead atoms. The van der Waals surface area contributed by atoms with Gasteiger partial charge in [-0.05, 0) is 19.3 Å². The molecule has 0 aliphatic carbocycles. The van der Waals surface area contributed by atoms with Crippen LogP contribution in [0, 0.1) is 0 Å². The number of unbranched alkanes of at least 4 members (excludes halogenated alkanes) is 16. The molecule has 0 aliphatic rings. The molecule has 1 aromatic carbocycles. The first-order valence-corrected chi connectivity index (χ1v) is 14.4. The molecule has 1 rings (SSSR count). The summed E-state index contributed by atoms with van der Waals surface area (Å²) < 4.78 is 16.3. The first-order chi connectivity index (χ1) is 17.2. The molecule has 1 aromatic rings. The van der Waals surface area contributed by atoms with Crippen molar-refractivity contribution in [3.8, 4) is 11.5 Å². The van der Waals surface area contributed by atoms with Crippen LogP contribution in [0.3, 0.4) is 0 Å². The quantitative estimate of drug-likeness (QED) is 0.0890. The number of nitrogen functional groups attached to an aromatic ring is 1. The van der Waals surface area contributed by atoms with Crippen LogP contribution >= 0.6 is 0 Å². The number of ether oxygens (including phenoxy) is 3. The molecule has 0 heterocycles. The van der Waals surface area contributed by atoms with Gasteiger partial charge in [-0.15, -0.1) is 0 Å². The highest BCUT2D eigenvalue weighted by molar-refractivity contribution is 5.68. The van der Waals surface area contributed by atoms with Crippen LogP contribution in [0.4, 0.5) is 5.69 Å². The van der Waals surface area contributed by atoms with E-state index in [9.17, 15) is 4.79 Å². The van der Waals surface area contributed by atoms with Gasteiger partial charge in [0.2, 0.25) is 0 Å². The van der Waals surface area contributed by atoms with Gasteiger partial charge in [0.1, 0.15) is 11.5 Å². The van der Waals surface area contributed by atoms with Gasteiger partial charge in [-0.1, -0.05) is 103 Å². The SMILES string of the molecule is CCCCCCCCCCCCCCCCCCOc1cc(N)cc(OCCCCC(=O)OC)c1. The third kappa shape index (κ3) is 19.0. The lowest BCUT2D eigenvalue weighted by Crippen LogP contribution is -2.03. The van der Waals surface area contributed by atoms with Gasteiger partial charge in [-0.25, -0.2) is 0 Å². The van der Waals surface area contributed by atoms with Crippen LogP contribution < -0.4 is 15.2 Å². The summed E-state index contributed by atoms with van der Waals surface area (Å²) in [6, 6.07) is 5.54. The Balaban J connectivity index is 1.95. The molecule has 0 atom stereocenters. The standard InChI is InChI=1S/C30H53NO4/c1-3-4-5-6-7-8-9-10-11-12-13-14-15-16-17-19-22-34-28-24-27(31)25-29(26-28)35-23-20-18-21-30(32)33-2/h24-26H,3-23,31H2,1-2H3. The molecule has 202 valence electrons. The third-order valence-corrected chi connectivity index (χ3v) is 6.44. The van der Waals surface area contributed by atoms with Crippen molar-refractivity contribution in [1.29, 1.82) is 0 Å². The van der Waals surface area contributed by atoms with Crippen molar-refractivity contribution in [2.24, 2.45) is 0 Å². The van der Waals surface area contributed by atoms with E-state index >= 15 is 0 Å². The highest BCUT2D eigenvalue weighted by Gasteiger charge is 2.04. The van der Waals surface area contributed by atoms with Crippen molar-refractivity contribution in [1.82, 2.24) is 0 Å². The maximum Gasteiger partial charge on any atom is 0.305 e. The number of nitrogens with two attached hydrogens (primary N) is 1. The van der Waals surface area contributed by atoms with E-state index in [0.717, 1.165) is 25.0 Å². The zero-order chi connectivity index (χ0) is 25.4. The van der Waals surface area contributed by atoms with Gasteiger partial charge in [-0.3, -0.25) is 4.79 Å². The van der Waals surface area contributed by atoms with Crippen molar-refractivity contribution >= 4 is 11.7 Å². The minimum Gasteiger partial charge on any atom is -0.493 e. The average molecular weight is 492 g/mol. The maximum absolute atomic E-state index is 11.1. The topological polar surface area (TPSA) is 70.8 Å². The second-order valence-electron chi connectivity index (χ2n) is 9.77. The first-order valence-electron chi connectivity index (χ1n) is 14.4. The average Bonchev–Trinajstić information content (AvgIpc) is 2.85. The molecule has 0 radical (unpaired) electrons. The number of esters is 1. The lowest BCUT2D eigenvalue weighted by molar-refractivity contribution is -0.140. The van der Waals surface area contributed by atoms with Gasteiger partial charge in [-0.2, -0.15) is 0 Å². The van der Waals surface area contributed by atoms with Crippen molar-refractivity contribution in [3.63, 3.8) is 0 Å². The second kappa shape index (κ2) is 22.5. The summed E-state index contributed by atoms with van der Waals surface area (Å²) in [5, 5.41) is 0. The largest absolute Gasteiger partial charge is 0.493 e. The van der Waals surface area contributed by atoms with Gasteiger partial charge < -0.3 is 19.9 Å². The van der Waals surface area contributed by atoms with Crippen molar-refractivity contribution < 1.29 is 19.0 Å². The molecule has 0 aromatic heterocycles. The first kappa shape index (κ1) is 31.1. The minimum absolute atomic E-state index is 0.182. The van der Waals surface area contributed by atoms with Crippen LogP contribution in [0.1, 0.15) is 129 Å². The summed E-state index contributed by atoms with van der Waals surface area (Å²) >= 11 is 0. The monoisotopic (exact) mass is 491 g/mol. The van der Waals surface area contributed by atoms with E-state index in [1.54, 1.807) is 0 Å². The van der Waals surface area contributed by atoms with E-state index < -0.39 is 0 Å². The van der Waals surface area contributed by atoms with E-state index in [1.807, 2.05) is 18.2 Å². The molecule has 0 unspecified atom stereocenters. The normalized spacial score (nSPS) is 10.9. The number of benzene rings is 1. The molecule has 2 N–H and O–H groups in total. The number of anilines is 1. The molecule has 5 nitrogen and oxygen atoms in total. The van der Waals surface area contributed by atoms with Crippen LogP contribution in [0.15, 0.2) is 18.2 Å². The van der Waals surface area contributed by atoms with Gasteiger partial charge in [0.25, 0.3) is 0 Å². The van der Waals surface area contributed by atoms with Crippen molar-refractivity contribution in [2.45, 2.75) is 129 Å². The second-order valence-corrected chi connectivity index (χ2v) is 9.77. The Kier molecular flexibility index (Phi) is 20.0. The molecule has 0 aliphatic heterocycles. The summed E-state index contributed by atoms with van der Waals surface area (Å²) in [6.45, 7) is 3.53. The molecule has 0 saturated carbocycles. The Morgan fingerprint density at radius 1 is 0.629 bits per heavy atom. The zero-order valence-electron chi connectivity index (χ0n) is 22.8. The summed E-state index contributed by atoms with van der Waals surface area (Å²) in [5.74, 6) is 1.29. The van der Waals surface area contributed by atoms with E-state index in [1.165, 1.54) is 103 Å². The molecule has 0 amide bonds. The van der Waals surface area contributed by atoms with Crippen LogP contribution in [0.2, 0.25) is 0 Å². The summed E-state index contributed by atoms with van der Waals surface area (Å²) in [4.78, 5) is 11.1. The molecule has 0 saturated heterocycles. The Bertz CT molecular complexity index is 635. The van der Waals surface area contributed by atoms with Crippen LogP contribution in [0.5, 0.6) is 11.5 Å². The smallest absolute Gasteiger partial charge is 0.305 e. The number of carbonyl (C=O) groups excluding carboxylic acids is 1. The number of hydrogen-bond donors (Lipinski definition) is 1. The molecular weight excluding hydrogens is 438 g/mol. The van der Waals surface area contributed by atoms with E-state index in [0.29, 0.717) is 31.1 Å². The third-order valence-electron chi connectivity index (χ3n) is 6.44. The number of rotatable bonds is 24. The Labute approximate surface area is 215 Å². The summed E-state index contributed by atoms with van der Waals surface area (Å²) in [6.07, 6.45) is 23.8. The fraction of sp³-hybridized carbons (Fsp3) is 0.767. The molecule has 5 heteroatoms. The Hall–Kier alpha value is -1.91. The Morgan fingerprint density at radius 2 is 1.03 bits per heavy atom. The highest BCUT2D eigenvalue weighted by atomic mass is 16.5. The van der Waals surface area contributed by atoms with Crippen LogP contribution in [-0.2, 0) is 9.53 Å². The molecule has 0 fully saturated rings. The molecule has 35 heavy (non-hydrogen) atoms. The fourth-order valence-corrected chi connectivity index (χ4v) is 4.26. The van der Waals surface area contributed by atoms with E-state index in [4.69, 9.17) is 15.2 Å². The summed E-state index contributed by atoms with van der Waals surface area (Å²) in [5.41, 5.74) is 6.63. The number of carbonyl (C=O) groups is 1. The predicted octanol–water partition coefficient (Wildman–Crippen LogP) is 8.63. The van der Waals surface area contributed by atoms with Gasteiger partial charge in [0, 0.05) is 30.3 Å². The van der Waals surface area contributed by atoms with Gasteiger partial charge in [0.05, 0.1) is 20.3 Å². The van der Waals surface area contributed by atoms with E-state index in [-0.39, 0.29) is 5.97 Å². The zero-order valence-corrected chi connectivity index (χ0v) is 22.8. The predicted molar refractivity (Wildman–Crippen MR) is 147 cm³/mol. The van der Waals surface area contributed by atoms with Crippen LogP contribution in [-0.4, -0.2) is 26.3 Å². The lowest BCUT2D eigenvalue weighted by atomic mass is 10.0. The number of hydrogen-bond acceptors (Lipinski definition) is 5. The highest BCUT2D eigenvalue weighted by Crippen LogP contribution is 2.25. The summed E-state index contributed by atoms with van der Waals surface area (Å²) in [7, 11) is 1.41. The minimum atomic E-state index is -0.182. The molecular formula is C30H53NO4. The molecule has 0 spiro atoms. The lowest BCUT2D eigenvalue weighted by Gasteiger charge is -2.11. The fourth-order valence-electron chi connectivity index (χ4n) is 4.26. The number of methoxy groups -OCH3 is 1. The van der Waals surface area contributed by atoms with Gasteiger partial charge in [0.15, 0.2) is 0 Å².